The molecule has 1 aromatic heterocycles. The van der Waals surface area contributed by atoms with E-state index in [0.29, 0.717) is 23.8 Å². The first-order valence-electron chi connectivity index (χ1n) is 5.63. The van der Waals surface area contributed by atoms with Gasteiger partial charge in [-0.3, -0.25) is 9.40 Å². The van der Waals surface area contributed by atoms with E-state index >= 15 is 0 Å². The van der Waals surface area contributed by atoms with E-state index in [1.165, 1.54) is 35.3 Å². The van der Waals surface area contributed by atoms with Gasteiger partial charge in [0, 0.05) is 12.7 Å². The molecule has 1 aromatic carbocycles. The van der Waals surface area contributed by atoms with Gasteiger partial charge >= 0.3 is 0 Å². The third-order valence-corrected chi connectivity index (χ3v) is 4.52. The Balaban J connectivity index is 2.23. The second-order valence-corrected chi connectivity index (χ2v) is 6.46. The van der Waals surface area contributed by atoms with Crippen LogP contribution in [0.2, 0.25) is 10.0 Å². The zero-order valence-corrected chi connectivity index (χ0v) is 12.6. The molecule has 20 heavy (non-hydrogen) atoms. The van der Waals surface area contributed by atoms with Crippen LogP contribution in [0.4, 0.5) is 5.69 Å². The van der Waals surface area contributed by atoms with E-state index in [1.54, 1.807) is 0 Å². The predicted octanol–water partition coefficient (Wildman–Crippen LogP) is 1.95. The van der Waals surface area contributed by atoms with Crippen LogP contribution >= 0.6 is 23.2 Å². The molecule has 0 fully saturated rings. The number of hydrogen-bond donors (Lipinski definition) is 2. The van der Waals surface area contributed by atoms with Crippen molar-refractivity contribution >= 4 is 38.9 Å². The van der Waals surface area contributed by atoms with Crippen LogP contribution in [0.15, 0.2) is 35.5 Å². The summed E-state index contributed by atoms with van der Waals surface area (Å²) in [7, 11) is -3.72. The van der Waals surface area contributed by atoms with E-state index in [4.69, 9.17) is 28.9 Å². The quantitative estimate of drug-likeness (QED) is 0.874. The minimum absolute atomic E-state index is 0.0528. The van der Waals surface area contributed by atoms with E-state index in [1.807, 2.05) is 0 Å². The van der Waals surface area contributed by atoms with Crippen LogP contribution < -0.4 is 10.5 Å². The van der Waals surface area contributed by atoms with Gasteiger partial charge in [0.2, 0.25) is 0 Å². The summed E-state index contributed by atoms with van der Waals surface area (Å²) in [5, 5.41) is 4.54. The summed E-state index contributed by atoms with van der Waals surface area (Å²) in [5.74, 6) is 0. The molecule has 0 amide bonds. The van der Waals surface area contributed by atoms with Gasteiger partial charge in [0.05, 0.1) is 28.5 Å². The van der Waals surface area contributed by atoms with Crippen LogP contribution in [0, 0.1) is 0 Å². The highest BCUT2D eigenvalue weighted by molar-refractivity contribution is 7.92. The van der Waals surface area contributed by atoms with E-state index in [-0.39, 0.29) is 9.92 Å². The standard InChI is InChI=1S/C11H12Cl2N4O2S/c12-10-2-1-8(5-11(10)13)16-20(18,19)9-6-15-17(7-9)4-3-14/h1-2,5-7,16H,3-4,14H2. The van der Waals surface area contributed by atoms with Gasteiger partial charge < -0.3 is 5.73 Å². The second kappa shape index (κ2) is 6.01. The number of rotatable bonds is 5. The van der Waals surface area contributed by atoms with Crippen LogP contribution in [-0.2, 0) is 16.6 Å². The predicted molar refractivity (Wildman–Crippen MR) is 78.6 cm³/mol. The van der Waals surface area contributed by atoms with Crippen molar-refractivity contribution in [3.8, 4) is 0 Å². The molecule has 0 saturated heterocycles. The number of nitrogens with one attached hydrogen (secondary N) is 1. The maximum absolute atomic E-state index is 12.1. The van der Waals surface area contributed by atoms with Gasteiger partial charge in [-0.15, -0.1) is 0 Å². The normalized spacial score (nSPS) is 11.6. The van der Waals surface area contributed by atoms with E-state index in [0.717, 1.165) is 0 Å². The number of sulfonamides is 1. The van der Waals surface area contributed by atoms with Gasteiger partial charge in [0.15, 0.2) is 0 Å². The Bertz CT molecular complexity index is 715. The lowest BCUT2D eigenvalue weighted by atomic mass is 10.3. The van der Waals surface area contributed by atoms with Crippen LogP contribution in [0.3, 0.4) is 0 Å². The molecule has 1 heterocycles. The highest BCUT2D eigenvalue weighted by Gasteiger charge is 2.17. The zero-order chi connectivity index (χ0) is 14.8. The molecule has 3 N–H and O–H groups in total. The molecule has 0 bridgehead atoms. The third-order valence-electron chi connectivity index (χ3n) is 2.45. The summed E-state index contributed by atoms with van der Waals surface area (Å²) in [5.41, 5.74) is 5.71. The highest BCUT2D eigenvalue weighted by Crippen LogP contribution is 2.26. The molecular formula is C11H12Cl2N4O2S. The maximum atomic E-state index is 12.1. The van der Waals surface area contributed by atoms with Gasteiger partial charge in [-0.25, -0.2) is 8.42 Å². The molecule has 2 aromatic rings. The lowest BCUT2D eigenvalue weighted by Gasteiger charge is -2.07. The number of aromatic nitrogens is 2. The number of hydrogen-bond acceptors (Lipinski definition) is 4. The first-order chi connectivity index (χ1) is 9.42. The van der Waals surface area contributed by atoms with Crippen LogP contribution in [-0.4, -0.2) is 24.7 Å². The van der Waals surface area contributed by atoms with E-state index in [2.05, 4.69) is 9.82 Å². The fraction of sp³-hybridized carbons (Fsp3) is 0.182. The van der Waals surface area contributed by atoms with Gasteiger partial charge in [0.1, 0.15) is 4.90 Å². The molecule has 6 nitrogen and oxygen atoms in total. The molecule has 0 aliphatic rings. The van der Waals surface area contributed by atoms with E-state index in [9.17, 15) is 8.42 Å². The maximum Gasteiger partial charge on any atom is 0.265 e. The van der Waals surface area contributed by atoms with Crippen LogP contribution in [0.1, 0.15) is 0 Å². The van der Waals surface area contributed by atoms with Crippen LogP contribution in [0.5, 0.6) is 0 Å². The van der Waals surface area contributed by atoms with Crippen molar-refractivity contribution in [2.45, 2.75) is 11.4 Å². The van der Waals surface area contributed by atoms with E-state index < -0.39 is 10.0 Å². The van der Waals surface area contributed by atoms with Crippen molar-refractivity contribution in [1.29, 1.82) is 0 Å². The molecular weight excluding hydrogens is 323 g/mol. The lowest BCUT2D eigenvalue weighted by Crippen LogP contribution is -2.13. The Morgan fingerprint density at radius 2 is 2.05 bits per heavy atom. The van der Waals surface area contributed by atoms with Crippen molar-refractivity contribution < 1.29 is 8.42 Å². The van der Waals surface area contributed by atoms with Crippen molar-refractivity contribution in [1.82, 2.24) is 9.78 Å². The van der Waals surface area contributed by atoms with Crippen molar-refractivity contribution in [3.63, 3.8) is 0 Å². The monoisotopic (exact) mass is 334 g/mol. The van der Waals surface area contributed by atoms with Gasteiger partial charge in [0.25, 0.3) is 10.0 Å². The first-order valence-corrected chi connectivity index (χ1v) is 7.86. The molecule has 0 atom stereocenters. The molecule has 0 spiro atoms. The third kappa shape index (κ3) is 3.43. The largest absolute Gasteiger partial charge is 0.329 e. The Kier molecular flexibility index (Phi) is 4.54. The Hall–Kier alpha value is -1.28. The fourth-order valence-corrected chi connectivity index (χ4v) is 2.81. The summed E-state index contributed by atoms with van der Waals surface area (Å²) in [6, 6.07) is 4.47. The summed E-state index contributed by atoms with van der Waals surface area (Å²) >= 11 is 11.6. The van der Waals surface area contributed by atoms with Crippen molar-refractivity contribution in [3.05, 3.63) is 40.6 Å². The van der Waals surface area contributed by atoms with Crippen molar-refractivity contribution in [2.24, 2.45) is 5.73 Å². The SMILES string of the molecule is NCCn1cc(S(=O)(=O)Nc2ccc(Cl)c(Cl)c2)cn1. The first kappa shape index (κ1) is 15.1. The lowest BCUT2D eigenvalue weighted by molar-refractivity contribution is 0.599. The summed E-state index contributed by atoms with van der Waals surface area (Å²) in [6.45, 7) is 0.823. The minimum Gasteiger partial charge on any atom is -0.329 e. The topological polar surface area (TPSA) is 90.0 Å². The van der Waals surface area contributed by atoms with Crippen molar-refractivity contribution in [2.75, 3.05) is 11.3 Å². The number of halogens is 2. The molecule has 0 radical (unpaired) electrons. The Labute approximate surface area is 126 Å². The summed E-state index contributed by atoms with van der Waals surface area (Å²) in [4.78, 5) is 0.0528. The molecule has 108 valence electrons. The van der Waals surface area contributed by atoms with Gasteiger partial charge in [-0.2, -0.15) is 5.10 Å². The number of nitrogens with zero attached hydrogens (tertiary/aromatic N) is 2. The van der Waals surface area contributed by atoms with Gasteiger partial charge in [-0.05, 0) is 18.2 Å². The highest BCUT2D eigenvalue weighted by atomic mass is 35.5. The average Bonchev–Trinajstić information content (AvgIpc) is 2.83. The number of nitrogens with two attached hydrogens (primary N) is 1. The average molecular weight is 335 g/mol. The zero-order valence-electron chi connectivity index (χ0n) is 10.3. The molecule has 9 heteroatoms. The fourth-order valence-electron chi connectivity index (χ4n) is 1.51. The molecule has 0 aliphatic carbocycles. The number of anilines is 1. The number of benzene rings is 1. The minimum atomic E-state index is -3.72. The Morgan fingerprint density at radius 1 is 1.30 bits per heavy atom. The smallest absolute Gasteiger partial charge is 0.265 e. The molecule has 2 rings (SSSR count). The second-order valence-electron chi connectivity index (χ2n) is 3.96. The van der Waals surface area contributed by atoms with Gasteiger partial charge in [-0.1, -0.05) is 23.2 Å². The Morgan fingerprint density at radius 3 is 2.70 bits per heavy atom. The molecule has 0 aliphatic heterocycles. The molecule has 0 unspecified atom stereocenters. The summed E-state index contributed by atoms with van der Waals surface area (Å²) in [6.07, 6.45) is 2.67. The molecule has 0 saturated carbocycles. The summed E-state index contributed by atoms with van der Waals surface area (Å²) < 4.78 is 28.2. The van der Waals surface area contributed by atoms with Crippen LogP contribution in [0.25, 0.3) is 0 Å².